The Hall–Kier alpha value is -3.70. The number of piperazine rings is 1. The molecule has 1 saturated heterocycles. The number of methoxy groups -OCH3 is 2. The fourth-order valence-electron chi connectivity index (χ4n) is 4.12. The van der Waals surface area contributed by atoms with Gasteiger partial charge >= 0.3 is 0 Å². The number of sulfonamides is 1. The third-order valence-electron chi connectivity index (χ3n) is 6.15. The second-order valence-electron chi connectivity index (χ2n) is 8.56. The fourth-order valence-corrected chi connectivity index (χ4v) is 5.54. The molecule has 0 saturated carbocycles. The monoisotopic (exact) mass is 525 g/mol. The van der Waals surface area contributed by atoms with Gasteiger partial charge in [0.05, 0.1) is 24.8 Å². The maximum Gasteiger partial charge on any atom is 0.243 e. The van der Waals surface area contributed by atoms with Crippen molar-refractivity contribution in [2.45, 2.75) is 24.7 Å². The number of nitrogens with zero attached hydrogens (tertiary/aromatic N) is 4. The lowest BCUT2D eigenvalue weighted by atomic mass is 10.1. The van der Waals surface area contributed by atoms with Crippen LogP contribution in [0.25, 0.3) is 11.3 Å². The number of amides is 1. The van der Waals surface area contributed by atoms with Gasteiger partial charge in [0.2, 0.25) is 15.9 Å². The van der Waals surface area contributed by atoms with Crippen LogP contribution in [-0.4, -0.2) is 69.2 Å². The van der Waals surface area contributed by atoms with Gasteiger partial charge in [-0.05, 0) is 61.0 Å². The Bertz CT molecular complexity index is 1320. The van der Waals surface area contributed by atoms with E-state index in [4.69, 9.17) is 9.47 Å². The van der Waals surface area contributed by atoms with Crippen molar-refractivity contribution in [2.24, 2.45) is 0 Å². The third kappa shape index (κ3) is 6.00. The zero-order valence-electron chi connectivity index (χ0n) is 21.2. The van der Waals surface area contributed by atoms with Gasteiger partial charge in [0, 0.05) is 43.9 Å². The van der Waals surface area contributed by atoms with Crippen LogP contribution >= 0.6 is 0 Å². The molecule has 1 aromatic heterocycles. The maximum absolute atomic E-state index is 13.2. The molecule has 1 amide bonds. The molecule has 3 aromatic rings. The van der Waals surface area contributed by atoms with Crippen LogP contribution < -0.4 is 19.7 Å². The van der Waals surface area contributed by atoms with Gasteiger partial charge in [-0.25, -0.2) is 8.42 Å². The van der Waals surface area contributed by atoms with Gasteiger partial charge in [0.25, 0.3) is 0 Å². The Kier molecular flexibility index (Phi) is 8.24. The molecule has 1 N–H and O–H groups in total. The molecular formula is C26H31N5O5S. The standard InChI is InChI=1S/C26H31N5O5S/c1-4-5-26(32)27-19-6-9-21(10-7-19)37(33,34)31-16-14-30(15-17-31)25-13-11-23(28-29-25)22-18-20(35-2)8-12-24(22)36-3/h6-13,18H,4-5,14-17H2,1-3H3,(H,27,32). The Labute approximate surface area is 217 Å². The predicted molar refractivity (Wildman–Crippen MR) is 142 cm³/mol. The molecule has 4 rings (SSSR count). The van der Waals surface area contributed by atoms with Crippen molar-refractivity contribution in [2.75, 3.05) is 50.6 Å². The summed E-state index contributed by atoms with van der Waals surface area (Å²) in [6.45, 7) is 3.55. The van der Waals surface area contributed by atoms with Crippen LogP contribution in [-0.2, 0) is 14.8 Å². The smallest absolute Gasteiger partial charge is 0.243 e. The SMILES string of the molecule is CCCC(=O)Nc1ccc(S(=O)(=O)N2CCN(c3ccc(-c4cc(OC)ccc4OC)nn3)CC2)cc1. The molecular weight excluding hydrogens is 494 g/mol. The number of rotatable bonds is 9. The Morgan fingerprint density at radius 3 is 2.27 bits per heavy atom. The van der Waals surface area contributed by atoms with Crippen LogP contribution in [0.4, 0.5) is 11.5 Å². The highest BCUT2D eigenvalue weighted by Crippen LogP contribution is 2.32. The molecule has 2 aromatic carbocycles. The van der Waals surface area contributed by atoms with Gasteiger partial charge in [-0.1, -0.05) is 6.92 Å². The number of anilines is 2. The molecule has 1 aliphatic heterocycles. The van der Waals surface area contributed by atoms with Gasteiger partial charge in [-0.3, -0.25) is 4.79 Å². The van der Waals surface area contributed by atoms with Crippen molar-refractivity contribution in [1.29, 1.82) is 0 Å². The summed E-state index contributed by atoms with van der Waals surface area (Å²) in [4.78, 5) is 14.0. The first kappa shape index (κ1) is 26.4. The topological polar surface area (TPSA) is 114 Å². The Morgan fingerprint density at radius 1 is 0.946 bits per heavy atom. The lowest BCUT2D eigenvalue weighted by Gasteiger charge is -2.34. The largest absolute Gasteiger partial charge is 0.497 e. The van der Waals surface area contributed by atoms with Crippen LogP contribution in [0, 0.1) is 0 Å². The summed E-state index contributed by atoms with van der Waals surface area (Å²) in [6.07, 6.45) is 1.17. The maximum atomic E-state index is 13.2. The minimum Gasteiger partial charge on any atom is -0.497 e. The molecule has 1 fully saturated rings. The molecule has 0 spiro atoms. The van der Waals surface area contributed by atoms with E-state index in [9.17, 15) is 13.2 Å². The first-order valence-corrected chi connectivity index (χ1v) is 13.5. The zero-order valence-corrected chi connectivity index (χ0v) is 22.0. The van der Waals surface area contributed by atoms with Crippen LogP contribution in [0.5, 0.6) is 11.5 Å². The second kappa shape index (κ2) is 11.6. The number of hydrogen-bond donors (Lipinski definition) is 1. The second-order valence-corrected chi connectivity index (χ2v) is 10.5. The quantitative estimate of drug-likeness (QED) is 0.452. The van der Waals surface area contributed by atoms with Crippen molar-refractivity contribution in [3.63, 3.8) is 0 Å². The van der Waals surface area contributed by atoms with Crippen LogP contribution in [0.15, 0.2) is 59.5 Å². The molecule has 0 unspecified atom stereocenters. The highest BCUT2D eigenvalue weighted by molar-refractivity contribution is 7.89. The van der Waals surface area contributed by atoms with E-state index in [1.54, 1.807) is 26.4 Å². The molecule has 37 heavy (non-hydrogen) atoms. The average Bonchev–Trinajstić information content (AvgIpc) is 2.93. The number of benzene rings is 2. The van der Waals surface area contributed by atoms with E-state index in [1.807, 2.05) is 42.2 Å². The number of carbonyl (C=O) groups excluding carboxylic acids is 1. The number of carbonyl (C=O) groups is 1. The first-order valence-electron chi connectivity index (χ1n) is 12.1. The summed E-state index contributed by atoms with van der Waals surface area (Å²) in [5.74, 6) is 1.94. The summed E-state index contributed by atoms with van der Waals surface area (Å²) in [6, 6.07) is 15.5. The van der Waals surface area contributed by atoms with E-state index < -0.39 is 10.0 Å². The molecule has 2 heterocycles. The summed E-state index contributed by atoms with van der Waals surface area (Å²) >= 11 is 0. The van der Waals surface area contributed by atoms with Crippen LogP contribution in [0.3, 0.4) is 0 Å². The third-order valence-corrected chi connectivity index (χ3v) is 8.06. The molecule has 11 heteroatoms. The van der Waals surface area contributed by atoms with Crippen molar-refractivity contribution < 1.29 is 22.7 Å². The highest BCUT2D eigenvalue weighted by atomic mass is 32.2. The van der Waals surface area contributed by atoms with E-state index in [-0.39, 0.29) is 10.8 Å². The van der Waals surface area contributed by atoms with E-state index in [0.717, 1.165) is 12.0 Å². The Morgan fingerprint density at radius 2 is 1.68 bits per heavy atom. The normalized spacial score (nSPS) is 14.3. The molecule has 1 aliphatic rings. The van der Waals surface area contributed by atoms with Gasteiger partial charge in [-0.15, -0.1) is 10.2 Å². The zero-order chi connectivity index (χ0) is 26.4. The first-order chi connectivity index (χ1) is 17.8. The summed E-state index contributed by atoms with van der Waals surface area (Å²) < 4.78 is 38.5. The molecule has 0 atom stereocenters. The average molecular weight is 526 g/mol. The van der Waals surface area contributed by atoms with Crippen molar-refractivity contribution in [1.82, 2.24) is 14.5 Å². The van der Waals surface area contributed by atoms with E-state index in [1.165, 1.54) is 16.4 Å². The minimum atomic E-state index is -3.65. The Balaban J connectivity index is 1.40. The van der Waals surface area contributed by atoms with Crippen molar-refractivity contribution in [3.8, 4) is 22.8 Å². The number of aromatic nitrogens is 2. The van der Waals surface area contributed by atoms with Gasteiger partial charge in [-0.2, -0.15) is 4.31 Å². The highest BCUT2D eigenvalue weighted by Gasteiger charge is 2.29. The summed E-state index contributed by atoms with van der Waals surface area (Å²) in [5, 5.41) is 11.5. The summed E-state index contributed by atoms with van der Waals surface area (Å²) in [5.41, 5.74) is 2.00. The number of nitrogens with one attached hydrogen (secondary N) is 1. The lowest BCUT2D eigenvalue weighted by molar-refractivity contribution is -0.116. The van der Waals surface area contributed by atoms with Crippen molar-refractivity contribution in [3.05, 3.63) is 54.6 Å². The predicted octanol–water partition coefficient (Wildman–Crippen LogP) is 3.41. The summed E-state index contributed by atoms with van der Waals surface area (Å²) in [7, 11) is -0.450. The molecule has 0 bridgehead atoms. The van der Waals surface area contributed by atoms with E-state index in [0.29, 0.717) is 61.3 Å². The molecule has 0 radical (unpaired) electrons. The van der Waals surface area contributed by atoms with Crippen LogP contribution in [0.1, 0.15) is 19.8 Å². The van der Waals surface area contributed by atoms with Gasteiger partial charge in [0.1, 0.15) is 11.5 Å². The lowest BCUT2D eigenvalue weighted by Crippen LogP contribution is -2.49. The van der Waals surface area contributed by atoms with Gasteiger partial charge in [0.15, 0.2) is 5.82 Å². The van der Waals surface area contributed by atoms with Crippen molar-refractivity contribution >= 4 is 27.4 Å². The number of hydrogen-bond acceptors (Lipinski definition) is 8. The molecule has 10 nitrogen and oxygen atoms in total. The van der Waals surface area contributed by atoms with E-state index in [2.05, 4.69) is 15.5 Å². The van der Waals surface area contributed by atoms with Gasteiger partial charge < -0.3 is 19.7 Å². The van der Waals surface area contributed by atoms with Crippen LogP contribution in [0.2, 0.25) is 0 Å². The minimum absolute atomic E-state index is 0.0898. The molecule has 196 valence electrons. The van der Waals surface area contributed by atoms with E-state index >= 15 is 0 Å². The number of ether oxygens (including phenoxy) is 2. The fraction of sp³-hybridized carbons (Fsp3) is 0.346. The molecule has 0 aliphatic carbocycles.